The SMILES string of the molecule is Cc1ncnc(C(=O)N2CCC3(CC2)OCCc2c3c(=O)n3nc(C4=CCOCC4)nc3n2CC(=O)Nc2ccc(C(C)C)cc2Cl)c1O. The zero-order valence-corrected chi connectivity index (χ0v) is 28.3. The van der Waals surface area contributed by atoms with Crippen LogP contribution in [0.15, 0.2) is 35.4 Å². The second-order valence-electron chi connectivity index (χ2n) is 12.9. The smallest absolute Gasteiger partial charge is 0.282 e. The van der Waals surface area contributed by atoms with Crippen LogP contribution in [0.2, 0.25) is 5.02 Å². The maximum atomic E-state index is 14.4. The molecule has 1 fully saturated rings. The number of nitrogens with zero attached hydrogens (tertiary/aromatic N) is 7. The first-order valence-electron chi connectivity index (χ1n) is 16.4. The highest BCUT2D eigenvalue weighted by atomic mass is 35.5. The molecule has 49 heavy (non-hydrogen) atoms. The number of anilines is 1. The van der Waals surface area contributed by atoms with Crippen LogP contribution in [-0.4, -0.2) is 83.9 Å². The third-order valence-corrected chi connectivity index (χ3v) is 9.89. The number of aromatic hydroxyl groups is 1. The third-order valence-electron chi connectivity index (χ3n) is 9.58. The molecule has 6 heterocycles. The average molecular weight is 689 g/mol. The van der Waals surface area contributed by atoms with Gasteiger partial charge in [-0.2, -0.15) is 9.50 Å². The van der Waals surface area contributed by atoms with E-state index in [4.69, 9.17) is 26.1 Å². The molecule has 1 spiro atoms. The van der Waals surface area contributed by atoms with Gasteiger partial charge in [0.15, 0.2) is 17.3 Å². The van der Waals surface area contributed by atoms with Gasteiger partial charge in [0.25, 0.3) is 11.5 Å². The van der Waals surface area contributed by atoms with Gasteiger partial charge in [-0.05, 0) is 55.4 Å². The van der Waals surface area contributed by atoms with Crippen LogP contribution in [0.25, 0.3) is 11.4 Å². The topological polar surface area (TPSA) is 166 Å². The molecule has 0 aliphatic carbocycles. The van der Waals surface area contributed by atoms with Crippen molar-refractivity contribution in [3.63, 3.8) is 0 Å². The van der Waals surface area contributed by atoms with Crippen molar-refractivity contribution in [2.24, 2.45) is 0 Å². The van der Waals surface area contributed by atoms with Gasteiger partial charge in [0.2, 0.25) is 11.7 Å². The van der Waals surface area contributed by atoms with Gasteiger partial charge in [-0.15, -0.1) is 5.10 Å². The predicted molar refractivity (Wildman–Crippen MR) is 180 cm³/mol. The number of nitrogens with one attached hydrogen (secondary N) is 1. The minimum absolute atomic E-state index is 0.0694. The van der Waals surface area contributed by atoms with E-state index in [-0.39, 0.29) is 54.2 Å². The summed E-state index contributed by atoms with van der Waals surface area (Å²) in [6.07, 6.45) is 4.73. The number of benzene rings is 1. The molecule has 14 nitrogen and oxygen atoms in total. The molecule has 0 unspecified atom stereocenters. The second-order valence-corrected chi connectivity index (χ2v) is 13.3. The molecular formula is C34H37ClN8O6. The molecule has 256 valence electrons. The molecule has 4 aromatic rings. The number of carbonyl (C=O) groups excluding carboxylic acids is 2. The largest absolute Gasteiger partial charge is 0.504 e. The van der Waals surface area contributed by atoms with Crippen LogP contribution in [-0.2, 0) is 32.8 Å². The molecule has 3 aromatic heterocycles. The van der Waals surface area contributed by atoms with Crippen molar-refractivity contribution in [3.8, 4) is 5.75 Å². The maximum absolute atomic E-state index is 14.4. The number of ether oxygens (including phenoxy) is 2. The molecule has 1 aromatic carbocycles. The summed E-state index contributed by atoms with van der Waals surface area (Å²) in [5.41, 5.74) is 2.29. The first-order chi connectivity index (χ1) is 23.6. The maximum Gasteiger partial charge on any atom is 0.282 e. The normalized spacial score (nSPS) is 17.3. The first kappa shape index (κ1) is 32.9. The van der Waals surface area contributed by atoms with Crippen molar-refractivity contribution >= 4 is 40.5 Å². The molecular weight excluding hydrogens is 652 g/mol. The highest BCUT2D eigenvalue weighted by molar-refractivity contribution is 6.33. The number of hydrogen-bond acceptors (Lipinski definition) is 10. The van der Waals surface area contributed by atoms with Gasteiger partial charge in [-0.3, -0.25) is 14.4 Å². The number of aromatic nitrogens is 6. The average Bonchev–Trinajstić information content (AvgIpc) is 3.55. The van der Waals surface area contributed by atoms with E-state index in [1.54, 1.807) is 22.5 Å². The summed E-state index contributed by atoms with van der Waals surface area (Å²) >= 11 is 6.56. The van der Waals surface area contributed by atoms with E-state index in [9.17, 15) is 19.5 Å². The number of carbonyl (C=O) groups is 2. The number of amides is 2. The van der Waals surface area contributed by atoms with Crippen LogP contribution in [0, 0.1) is 6.92 Å². The van der Waals surface area contributed by atoms with Gasteiger partial charge in [-0.25, -0.2) is 9.97 Å². The zero-order valence-electron chi connectivity index (χ0n) is 27.5. The van der Waals surface area contributed by atoms with E-state index in [2.05, 4.69) is 34.2 Å². The Kier molecular flexibility index (Phi) is 8.71. The highest BCUT2D eigenvalue weighted by Gasteiger charge is 2.46. The number of piperidine rings is 1. The first-order valence-corrected chi connectivity index (χ1v) is 16.8. The van der Waals surface area contributed by atoms with E-state index >= 15 is 0 Å². The van der Waals surface area contributed by atoms with Crippen molar-refractivity contribution in [1.29, 1.82) is 0 Å². The Hall–Kier alpha value is -4.66. The van der Waals surface area contributed by atoms with Crippen LogP contribution in [0.5, 0.6) is 5.75 Å². The Labute approximate surface area is 286 Å². The molecule has 0 radical (unpaired) electrons. The minimum atomic E-state index is -1.03. The summed E-state index contributed by atoms with van der Waals surface area (Å²) in [4.78, 5) is 55.8. The molecule has 0 atom stereocenters. The highest BCUT2D eigenvalue weighted by Crippen LogP contribution is 2.41. The molecule has 7 rings (SSSR count). The lowest BCUT2D eigenvalue weighted by molar-refractivity contribution is -0.117. The monoisotopic (exact) mass is 688 g/mol. The zero-order chi connectivity index (χ0) is 34.4. The predicted octanol–water partition coefficient (Wildman–Crippen LogP) is 3.62. The lowest BCUT2D eigenvalue weighted by atomic mass is 9.81. The Bertz CT molecular complexity index is 2060. The van der Waals surface area contributed by atoms with Gasteiger partial charge in [0.05, 0.1) is 41.8 Å². The summed E-state index contributed by atoms with van der Waals surface area (Å²) in [6.45, 7) is 7.32. The fourth-order valence-electron chi connectivity index (χ4n) is 6.83. The Morgan fingerprint density at radius 3 is 2.65 bits per heavy atom. The molecule has 2 amide bonds. The molecule has 1 saturated heterocycles. The Morgan fingerprint density at radius 1 is 1.14 bits per heavy atom. The lowest BCUT2D eigenvalue weighted by Crippen LogP contribution is -2.52. The fraction of sp³-hybridized carbons (Fsp3) is 0.441. The van der Waals surface area contributed by atoms with Crippen molar-refractivity contribution in [2.75, 3.05) is 38.2 Å². The van der Waals surface area contributed by atoms with E-state index in [0.29, 0.717) is 79.0 Å². The number of hydrogen-bond donors (Lipinski definition) is 2. The van der Waals surface area contributed by atoms with Crippen molar-refractivity contribution in [2.45, 2.75) is 64.5 Å². The number of halogens is 1. The van der Waals surface area contributed by atoms with Crippen LogP contribution in [0.1, 0.15) is 77.9 Å². The van der Waals surface area contributed by atoms with Crippen molar-refractivity contribution in [3.05, 3.63) is 80.0 Å². The third kappa shape index (κ3) is 5.97. The van der Waals surface area contributed by atoms with E-state index in [1.807, 2.05) is 18.2 Å². The standard InChI is InChI=1S/C34H37ClN8O6/c1-19(2)22-4-5-24(23(35)16-22)38-26(44)17-42-25-8-15-49-34(9-11-41(12-10-34)32(47)28-29(45)20(3)36-18-37-28)27(25)31(46)43-33(42)39-30(40-43)21-6-13-48-14-7-21/h4-6,16,18-19,45H,7-15,17H2,1-3H3,(H,38,44). The number of aryl methyl sites for hydroxylation is 1. The molecule has 0 saturated carbocycles. The second kappa shape index (κ2) is 13.0. The van der Waals surface area contributed by atoms with E-state index in [0.717, 1.165) is 11.1 Å². The van der Waals surface area contributed by atoms with Gasteiger partial charge in [0.1, 0.15) is 18.5 Å². The van der Waals surface area contributed by atoms with Crippen LogP contribution < -0.4 is 10.9 Å². The van der Waals surface area contributed by atoms with E-state index in [1.165, 1.54) is 10.8 Å². The molecule has 15 heteroatoms. The Morgan fingerprint density at radius 2 is 1.94 bits per heavy atom. The lowest BCUT2D eigenvalue weighted by Gasteiger charge is -2.44. The fourth-order valence-corrected chi connectivity index (χ4v) is 7.07. The summed E-state index contributed by atoms with van der Waals surface area (Å²) < 4.78 is 14.9. The van der Waals surface area contributed by atoms with Gasteiger partial charge in [0, 0.05) is 25.2 Å². The number of rotatable bonds is 6. The van der Waals surface area contributed by atoms with Gasteiger partial charge in [-0.1, -0.05) is 37.6 Å². The van der Waals surface area contributed by atoms with Gasteiger partial charge >= 0.3 is 0 Å². The van der Waals surface area contributed by atoms with Crippen molar-refractivity contribution < 1.29 is 24.2 Å². The summed E-state index contributed by atoms with van der Waals surface area (Å²) in [5.74, 6) is -0.0954. The van der Waals surface area contributed by atoms with Crippen LogP contribution >= 0.6 is 11.6 Å². The molecule has 3 aliphatic rings. The van der Waals surface area contributed by atoms with Crippen molar-refractivity contribution in [1.82, 2.24) is 34.0 Å². The molecule has 0 bridgehead atoms. The van der Waals surface area contributed by atoms with E-state index < -0.39 is 11.5 Å². The Balaban J connectivity index is 1.26. The van der Waals surface area contributed by atoms with Gasteiger partial charge < -0.3 is 29.4 Å². The quantitative estimate of drug-likeness (QED) is 0.306. The molecule has 2 N–H and O–H groups in total. The van der Waals surface area contributed by atoms with Crippen LogP contribution in [0.3, 0.4) is 0 Å². The number of fused-ring (bicyclic) bond motifs is 3. The number of likely N-dealkylation sites (tertiary alicyclic amines) is 1. The van der Waals surface area contributed by atoms with Crippen LogP contribution in [0.4, 0.5) is 5.69 Å². The summed E-state index contributed by atoms with van der Waals surface area (Å²) in [5, 5.41) is 18.5. The summed E-state index contributed by atoms with van der Waals surface area (Å²) in [6, 6.07) is 5.57. The minimum Gasteiger partial charge on any atom is -0.504 e. The summed E-state index contributed by atoms with van der Waals surface area (Å²) in [7, 11) is 0. The molecule has 3 aliphatic heterocycles.